The van der Waals surface area contributed by atoms with Gasteiger partial charge in [-0.05, 0) is 103 Å². The Morgan fingerprint density at radius 1 is 0.861 bits per heavy atom. The van der Waals surface area contributed by atoms with Crippen LogP contribution in [0.1, 0.15) is 113 Å². The molecule has 0 radical (unpaired) electrons. The lowest BCUT2D eigenvalue weighted by atomic mass is 9.34. The third-order valence-electron chi connectivity index (χ3n) is 13.9. The number of ketones is 1. The van der Waals surface area contributed by atoms with Crippen molar-refractivity contribution in [3.63, 3.8) is 0 Å². The Hall–Kier alpha value is -0.410. The quantitative estimate of drug-likeness (QED) is 0.424. The molecule has 0 aromatic carbocycles. The van der Waals surface area contributed by atoms with E-state index in [0.717, 1.165) is 30.6 Å². The van der Waals surface area contributed by atoms with Crippen LogP contribution in [0.5, 0.6) is 0 Å². The van der Waals surface area contributed by atoms with E-state index in [1.165, 1.54) is 44.9 Å². The van der Waals surface area contributed by atoms with Crippen molar-refractivity contribution < 1.29 is 15.0 Å². The van der Waals surface area contributed by atoms with E-state index in [1.807, 2.05) is 0 Å². The van der Waals surface area contributed by atoms with Crippen molar-refractivity contribution in [3.05, 3.63) is 0 Å². The molecular formula is C33H56O3. The first-order valence-corrected chi connectivity index (χ1v) is 15.6. The maximum Gasteiger partial charge on any atom is 0.135 e. The number of hydrogen-bond acceptors (Lipinski definition) is 3. The highest BCUT2D eigenvalue weighted by Crippen LogP contribution is 2.73. The molecule has 5 aliphatic rings. The minimum Gasteiger partial charge on any atom is -0.392 e. The smallest absolute Gasteiger partial charge is 0.135 e. The van der Waals surface area contributed by atoms with Crippen molar-refractivity contribution >= 4 is 5.78 Å². The molecule has 5 aliphatic carbocycles. The monoisotopic (exact) mass is 500 g/mol. The van der Waals surface area contributed by atoms with Crippen LogP contribution in [0.2, 0.25) is 0 Å². The van der Waals surface area contributed by atoms with E-state index in [-0.39, 0.29) is 51.8 Å². The number of aliphatic hydroxyl groups excluding tert-OH is 2. The molecular weight excluding hydrogens is 444 g/mol. The zero-order valence-electron chi connectivity index (χ0n) is 24.6. The Kier molecular flexibility index (Phi) is 6.85. The predicted molar refractivity (Wildman–Crippen MR) is 146 cm³/mol. The van der Waals surface area contributed by atoms with Gasteiger partial charge in [0.2, 0.25) is 0 Å². The zero-order chi connectivity index (χ0) is 26.4. The van der Waals surface area contributed by atoms with Crippen molar-refractivity contribution in [3.8, 4) is 0 Å². The molecule has 0 aliphatic heterocycles. The van der Waals surface area contributed by atoms with Gasteiger partial charge in [0, 0.05) is 11.3 Å². The standard InChI is InChI=1S/C33H56O3/c1-18-10-9-11-23(14-18)24-13-12-19(2)27-25(24)16-31(6)17-32(7)15-20(3)26(22(5)34)30(36)33(32,8)21(4)28(31)29(27)35/h18-21,23-30,35-36H,9-17H2,1-8H3. The van der Waals surface area contributed by atoms with Gasteiger partial charge in [-0.2, -0.15) is 0 Å². The Balaban J connectivity index is 1.52. The van der Waals surface area contributed by atoms with Crippen LogP contribution in [0.15, 0.2) is 0 Å². The summed E-state index contributed by atoms with van der Waals surface area (Å²) in [6.07, 6.45) is 10.6. The molecule has 0 bridgehead atoms. The van der Waals surface area contributed by atoms with Gasteiger partial charge in [-0.25, -0.2) is 0 Å². The van der Waals surface area contributed by atoms with Gasteiger partial charge >= 0.3 is 0 Å². The summed E-state index contributed by atoms with van der Waals surface area (Å²) < 4.78 is 0. The van der Waals surface area contributed by atoms with Crippen molar-refractivity contribution in [2.75, 3.05) is 0 Å². The average Bonchev–Trinajstić information content (AvgIpc) is 2.76. The Morgan fingerprint density at radius 3 is 2.19 bits per heavy atom. The van der Waals surface area contributed by atoms with Gasteiger partial charge < -0.3 is 10.2 Å². The van der Waals surface area contributed by atoms with E-state index in [9.17, 15) is 15.0 Å². The summed E-state index contributed by atoms with van der Waals surface area (Å²) in [5.41, 5.74) is -0.291. The maximum atomic E-state index is 12.7. The number of Topliss-reactive ketones (excluding diaryl/α,β-unsaturated/α-hetero) is 1. The second-order valence-corrected chi connectivity index (χ2v) is 15.9. The fourth-order valence-corrected chi connectivity index (χ4v) is 12.4. The normalized spacial score (nSPS) is 59.4. The highest BCUT2D eigenvalue weighted by atomic mass is 16.3. The maximum absolute atomic E-state index is 12.7. The van der Waals surface area contributed by atoms with Gasteiger partial charge in [-0.3, -0.25) is 4.79 Å². The molecule has 3 nitrogen and oxygen atoms in total. The third kappa shape index (κ3) is 3.75. The lowest BCUT2D eigenvalue weighted by molar-refractivity contribution is -0.272. The molecule has 15 atom stereocenters. The largest absolute Gasteiger partial charge is 0.392 e. The summed E-state index contributed by atoms with van der Waals surface area (Å²) in [7, 11) is 0. The van der Waals surface area contributed by atoms with Crippen LogP contribution in [0.25, 0.3) is 0 Å². The Labute approximate surface area is 221 Å². The molecule has 5 fully saturated rings. The number of fused-ring (bicyclic) bond motifs is 3. The number of rotatable bonds is 2. The summed E-state index contributed by atoms with van der Waals surface area (Å²) in [5.74, 6) is 4.50. The lowest BCUT2D eigenvalue weighted by Crippen LogP contribution is -2.70. The summed E-state index contributed by atoms with van der Waals surface area (Å²) in [5, 5.41) is 24.2. The summed E-state index contributed by atoms with van der Waals surface area (Å²) in [4.78, 5) is 12.7. The van der Waals surface area contributed by atoms with E-state index in [1.54, 1.807) is 6.92 Å². The van der Waals surface area contributed by atoms with E-state index < -0.39 is 6.10 Å². The highest BCUT2D eigenvalue weighted by Gasteiger charge is 2.70. The van der Waals surface area contributed by atoms with Crippen LogP contribution in [0.3, 0.4) is 0 Å². The Morgan fingerprint density at radius 2 is 1.56 bits per heavy atom. The van der Waals surface area contributed by atoms with Crippen LogP contribution < -0.4 is 0 Å². The van der Waals surface area contributed by atoms with Crippen LogP contribution >= 0.6 is 0 Å². The van der Waals surface area contributed by atoms with Crippen LogP contribution in [-0.4, -0.2) is 28.2 Å². The van der Waals surface area contributed by atoms with Crippen molar-refractivity contribution in [1.29, 1.82) is 0 Å². The van der Waals surface area contributed by atoms with Gasteiger partial charge in [-0.15, -0.1) is 0 Å². The molecule has 5 saturated carbocycles. The minimum absolute atomic E-state index is 0.0237. The number of aliphatic hydroxyl groups is 2. The first kappa shape index (κ1) is 27.2. The van der Waals surface area contributed by atoms with Crippen molar-refractivity contribution in [1.82, 2.24) is 0 Å². The van der Waals surface area contributed by atoms with Gasteiger partial charge in [0.05, 0.1) is 12.2 Å². The number of carbonyl (C=O) groups excluding carboxylic acids is 1. The molecule has 0 heterocycles. The molecule has 15 unspecified atom stereocenters. The SMILES string of the molecule is CC(=O)C1C(C)CC2(C)CC3(C)CC4C(C5CCCC(C)C5)CCC(C)C4C(O)C3C(C)C2(C)C1O. The van der Waals surface area contributed by atoms with Gasteiger partial charge in [0.15, 0.2) is 0 Å². The molecule has 0 aromatic rings. The molecule has 206 valence electrons. The molecule has 36 heavy (non-hydrogen) atoms. The highest BCUT2D eigenvalue weighted by molar-refractivity contribution is 5.79. The van der Waals surface area contributed by atoms with E-state index in [0.29, 0.717) is 17.8 Å². The van der Waals surface area contributed by atoms with E-state index in [4.69, 9.17) is 0 Å². The Bertz CT molecular complexity index is 854. The average molecular weight is 501 g/mol. The molecule has 3 heteroatoms. The van der Waals surface area contributed by atoms with Crippen molar-refractivity contribution in [2.24, 2.45) is 75.4 Å². The summed E-state index contributed by atoms with van der Waals surface area (Å²) >= 11 is 0. The molecule has 5 rings (SSSR count). The first-order valence-electron chi connectivity index (χ1n) is 15.6. The van der Waals surface area contributed by atoms with Crippen LogP contribution in [-0.2, 0) is 4.79 Å². The molecule has 0 aromatic heterocycles. The number of hydrogen-bond donors (Lipinski definition) is 2. The van der Waals surface area contributed by atoms with Crippen LogP contribution in [0, 0.1) is 75.4 Å². The van der Waals surface area contributed by atoms with Gasteiger partial charge in [0.1, 0.15) is 5.78 Å². The fraction of sp³-hybridized carbons (Fsp3) is 0.970. The second-order valence-electron chi connectivity index (χ2n) is 15.9. The summed E-state index contributed by atoms with van der Waals surface area (Å²) in [6.45, 7) is 18.3. The fourth-order valence-electron chi connectivity index (χ4n) is 12.4. The molecule has 0 saturated heterocycles. The first-order chi connectivity index (χ1) is 16.7. The predicted octanol–water partition coefficient (Wildman–Crippen LogP) is 7.14. The van der Waals surface area contributed by atoms with Gasteiger partial charge in [0.25, 0.3) is 0 Å². The second kappa shape index (κ2) is 9.07. The van der Waals surface area contributed by atoms with Gasteiger partial charge in [-0.1, -0.05) is 74.1 Å². The summed E-state index contributed by atoms with van der Waals surface area (Å²) in [6, 6.07) is 0. The molecule has 0 spiro atoms. The van der Waals surface area contributed by atoms with E-state index in [2.05, 4.69) is 48.5 Å². The topological polar surface area (TPSA) is 57.5 Å². The zero-order valence-corrected chi connectivity index (χ0v) is 24.6. The number of carbonyl (C=O) groups is 1. The van der Waals surface area contributed by atoms with E-state index >= 15 is 0 Å². The third-order valence-corrected chi connectivity index (χ3v) is 13.9. The molecule has 0 amide bonds. The lowest BCUT2D eigenvalue weighted by Gasteiger charge is -2.71. The molecule has 2 N–H and O–H groups in total. The van der Waals surface area contributed by atoms with Crippen LogP contribution in [0.4, 0.5) is 0 Å². The van der Waals surface area contributed by atoms with Crippen molar-refractivity contribution in [2.45, 2.75) is 125 Å². The minimum atomic E-state index is -0.631.